The Hall–Kier alpha value is -0.880. The molecule has 1 unspecified atom stereocenters. The van der Waals surface area contributed by atoms with Crippen LogP contribution in [-0.2, 0) is 0 Å². The zero-order valence-corrected chi connectivity index (χ0v) is 10.2. The molecule has 5 nitrogen and oxygen atoms in total. The van der Waals surface area contributed by atoms with Crippen molar-refractivity contribution in [3.05, 3.63) is 10.8 Å². The summed E-state index contributed by atoms with van der Waals surface area (Å²) < 4.78 is 0.633. The molecule has 15 heavy (non-hydrogen) atoms. The molecule has 0 spiro atoms. The van der Waals surface area contributed by atoms with E-state index in [4.69, 9.17) is 5.73 Å². The van der Waals surface area contributed by atoms with Crippen molar-refractivity contribution in [2.24, 2.45) is 0 Å². The van der Waals surface area contributed by atoms with Crippen LogP contribution in [0.3, 0.4) is 0 Å². The monoisotopic (exact) mass is 274 g/mol. The van der Waals surface area contributed by atoms with E-state index >= 15 is 0 Å². The van der Waals surface area contributed by atoms with E-state index < -0.39 is 0 Å². The van der Waals surface area contributed by atoms with Crippen LogP contribution < -0.4 is 11.1 Å². The normalized spacial score (nSPS) is 12.5. The molecule has 1 atom stereocenters. The van der Waals surface area contributed by atoms with Crippen molar-refractivity contribution in [3.8, 4) is 0 Å². The minimum absolute atomic E-state index is 0.363. The van der Waals surface area contributed by atoms with Gasteiger partial charge in [0.1, 0.15) is 22.4 Å². The van der Waals surface area contributed by atoms with E-state index in [9.17, 15) is 5.11 Å². The van der Waals surface area contributed by atoms with Crippen molar-refractivity contribution in [1.82, 2.24) is 9.97 Å². The lowest BCUT2D eigenvalue weighted by Crippen LogP contribution is -2.20. The molecule has 0 bridgehead atoms. The van der Waals surface area contributed by atoms with E-state index in [0.29, 0.717) is 22.7 Å². The predicted molar refractivity (Wildman–Crippen MR) is 63.5 cm³/mol. The molecule has 6 heteroatoms. The molecule has 0 saturated heterocycles. The van der Waals surface area contributed by atoms with Crippen molar-refractivity contribution in [1.29, 1.82) is 0 Å². The average molecular weight is 275 g/mol. The Kier molecular flexibility index (Phi) is 4.77. The van der Waals surface area contributed by atoms with E-state index in [0.717, 1.165) is 12.8 Å². The van der Waals surface area contributed by atoms with Gasteiger partial charge in [-0.2, -0.15) is 0 Å². The maximum atomic E-state index is 9.52. The van der Waals surface area contributed by atoms with Gasteiger partial charge in [-0.25, -0.2) is 9.97 Å². The number of rotatable bonds is 5. The van der Waals surface area contributed by atoms with E-state index in [1.807, 2.05) is 6.92 Å². The molecule has 0 aromatic carbocycles. The van der Waals surface area contributed by atoms with Crippen molar-refractivity contribution in [2.45, 2.75) is 25.9 Å². The first-order valence-corrected chi connectivity index (χ1v) is 5.62. The molecule has 1 rings (SSSR count). The van der Waals surface area contributed by atoms with Crippen LogP contribution in [0.5, 0.6) is 0 Å². The molecule has 0 radical (unpaired) electrons. The second-order valence-corrected chi connectivity index (χ2v) is 4.04. The Balaban J connectivity index is 2.54. The van der Waals surface area contributed by atoms with Crippen LogP contribution in [0.2, 0.25) is 0 Å². The van der Waals surface area contributed by atoms with Gasteiger partial charge in [-0.3, -0.25) is 0 Å². The van der Waals surface area contributed by atoms with Crippen LogP contribution in [0.1, 0.15) is 19.8 Å². The number of aliphatic hydroxyl groups is 1. The number of halogens is 1. The summed E-state index contributed by atoms with van der Waals surface area (Å²) in [4.78, 5) is 7.83. The summed E-state index contributed by atoms with van der Waals surface area (Å²) in [5.74, 6) is 0.995. The Morgan fingerprint density at radius 1 is 1.60 bits per heavy atom. The molecular weight excluding hydrogens is 260 g/mol. The van der Waals surface area contributed by atoms with Gasteiger partial charge in [-0.1, -0.05) is 13.3 Å². The maximum absolute atomic E-state index is 9.52. The van der Waals surface area contributed by atoms with Gasteiger partial charge in [0, 0.05) is 6.54 Å². The molecule has 0 aliphatic rings. The molecular formula is C9H15BrN4O. The maximum Gasteiger partial charge on any atom is 0.146 e. The molecule has 0 fully saturated rings. The highest BCUT2D eigenvalue weighted by atomic mass is 79.9. The average Bonchev–Trinajstić information content (AvgIpc) is 2.21. The zero-order valence-electron chi connectivity index (χ0n) is 8.57. The fourth-order valence-corrected chi connectivity index (χ4v) is 1.50. The highest BCUT2D eigenvalue weighted by Crippen LogP contribution is 2.23. The molecule has 1 aromatic rings. The van der Waals surface area contributed by atoms with E-state index in [1.54, 1.807) is 0 Å². The molecule has 0 aliphatic heterocycles. The van der Waals surface area contributed by atoms with Crippen molar-refractivity contribution in [2.75, 3.05) is 17.6 Å². The number of nitrogens with two attached hydrogens (primary N) is 1. The summed E-state index contributed by atoms with van der Waals surface area (Å²) >= 11 is 3.28. The molecule has 1 heterocycles. The van der Waals surface area contributed by atoms with E-state index in [1.165, 1.54) is 6.33 Å². The molecule has 1 aromatic heterocycles. The van der Waals surface area contributed by atoms with Gasteiger partial charge in [0.25, 0.3) is 0 Å². The van der Waals surface area contributed by atoms with Crippen LogP contribution in [0.25, 0.3) is 0 Å². The lowest BCUT2D eigenvalue weighted by atomic mass is 10.2. The quantitative estimate of drug-likeness (QED) is 0.756. The lowest BCUT2D eigenvalue weighted by Gasteiger charge is -2.12. The standard InChI is InChI=1S/C9H15BrN4O/c1-2-3-6(15)4-12-9-7(10)8(11)13-5-14-9/h5-6,15H,2-4H2,1H3,(H3,11,12,13,14). The van der Waals surface area contributed by atoms with Crippen molar-refractivity contribution < 1.29 is 5.11 Å². The van der Waals surface area contributed by atoms with Gasteiger partial charge in [-0.15, -0.1) is 0 Å². The van der Waals surface area contributed by atoms with Crippen molar-refractivity contribution in [3.63, 3.8) is 0 Å². The number of hydrogen-bond acceptors (Lipinski definition) is 5. The van der Waals surface area contributed by atoms with Gasteiger partial charge in [0.15, 0.2) is 0 Å². The third-order valence-corrected chi connectivity index (χ3v) is 2.73. The van der Waals surface area contributed by atoms with Gasteiger partial charge < -0.3 is 16.2 Å². The first kappa shape index (κ1) is 12.2. The predicted octanol–water partition coefficient (Wildman–Crippen LogP) is 1.39. The minimum Gasteiger partial charge on any atom is -0.391 e. The number of nitrogens with one attached hydrogen (secondary N) is 1. The lowest BCUT2D eigenvalue weighted by molar-refractivity contribution is 0.176. The molecule has 0 amide bonds. The first-order valence-electron chi connectivity index (χ1n) is 4.83. The second kappa shape index (κ2) is 5.87. The summed E-state index contributed by atoms with van der Waals surface area (Å²) in [7, 11) is 0. The van der Waals surface area contributed by atoms with Gasteiger partial charge in [0.05, 0.1) is 6.10 Å². The molecule has 84 valence electrons. The van der Waals surface area contributed by atoms with Crippen LogP contribution in [0.15, 0.2) is 10.8 Å². The summed E-state index contributed by atoms with van der Waals surface area (Å²) in [5, 5.41) is 12.5. The Morgan fingerprint density at radius 2 is 2.33 bits per heavy atom. The van der Waals surface area contributed by atoms with Gasteiger partial charge in [-0.05, 0) is 22.4 Å². The number of nitrogen functional groups attached to an aromatic ring is 1. The van der Waals surface area contributed by atoms with E-state index in [-0.39, 0.29) is 6.10 Å². The van der Waals surface area contributed by atoms with Crippen LogP contribution in [0.4, 0.5) is 11.6 Å². The summed E-state index contributed by atoms with van der Waals surface area (Å²) in [6, 6.07) is 0. The highest BCUT2D eigenvalue weighted by Gasteiger charge is 2.07. The minimum atomic E-state index is -0.363. The number of anilines is 2. The topological polar surface area (TPSA) is 84.1 Å². The second-order valence-electron chi connectivity index (χ2n) is 3.24. The Morgan fingerprint density at radius 3 is 3.00 bits per heavy atom. The smallest absolute Gasteiger partial charge is 0.146 e. The largest absolute Gasteiger partial charge is 0.391 e. The van der Waals surface area contributed by atoms with Crippen LogP contribution in [-0.4, -0.2) is 27.7 Å². The Labute approximate surface area is 97.2 Å². The Bertz CT molecular complexity index is 321. The number of nitrogens with zero attached hydrogens (tertiary/aromatic N) is 2. The van der Waals surface area contributed by atoms with Gasteiger partial charge >= 0.3 is 0 Å². The number of aliphatic hydroxyl groups excluding tert-OH is 1. The zero-order chi connectivity index (χ0) is 11.3. The summed E-state index contributed by atoms with van der Waals surface area (Å²) in [5.41, 5.74) is 5.59. The molecule has 4 N–H and O–H groups in total. The summed E-state index contributed by atoms with van der Waals surface area (Å²) in [6.07, 6.45) is 2.74. The fraction of sp³-hybridized carbons (Fsp3) is 0.556. The number of hydrogen-bond donors (Lipinski definition) is 3. The van der Waals surface area contributed by atoms with Gasteiger partial charge in [0.2, 0.25) is 0 Å². The SMILES string of the molecule is CCCC(O)CNc1ncnc(N)c1Br. The van der Waals surface area contributed by atoms with Crippen LogP contribution >= 0.6 is 15.9 Å². The first-order chi connectivity index (χ1) is 7.15. The third-order valence-electron chi connectivity index (χ3n) is 1.94. The number of aromatic nitrogens is 2. The molecule has 0 aliphatic carbocycles. The third kappa shape index (κ3) is 3.64. The fourth-order valence-electron chi connectivity index (χ4n) is 1.16. The van der Waals surface area contributed by atoms with Crippen LogP contribution in [0, 0.1) is 0 Å². The van der Waals surface area contributed by atoms with E-state index in [2.05, 4.69) is 31.2 Å². The van der Waals surface area contributed by atoms with Crippen molar-refractivity contribution >= 4 is 27.6 Å². The molecule has 0 saturated carbocycles. The highest BCUT2D eigenvalue weighted by molar-refractivity contribution is 9.10. The summed E-state index contributed by atoms with van der Waals surface area (Å²) in [6.45, 7) is 2.49.